The second-order valence-corrected chi connectivity index (χ2v) is 8.96. The van der Waals surface area contributed by atoms with Gasteiger partial charge in [0.25, 0.3) is 0 Å². The first kappa shape index (κ1) is 23.7. The van der Waals surface area contributed by atoms with Crippen molar-refractivity contribution in [2.75, 3.05) is 45.0 Å². The molecule has 2 aromatic rings. The number of methoxy groups -OCH3 is 1. The summed E-state index contributed by atoms with van der Waals surface area (Å²) in [6.45, 7) is 1.75. The van der Waals surface area contributed by atoms with E-state index in [4.69, 9.17) is 9.47 Å². The van der Waals surface area contributed by atoms with Gasteiger partial charge in [0.1, 0.15) is 5.75 Å². The number of benzene rings is 2. The Morgan fingerprint density at radius 1 is 1.03 bits per heavy atom. The highest BCUT2D eigenvalue weighted by Crippen LogP contribution is 2.17. The third kappa shape index (κ3) is 9.28. The summed E-state index contributed by atoms with van der Waals surface area (Å²) in [5.41, 5.74) is 1.65. The normalized spacial score (nSPS) is 11.9. The Hall–Kier alpha value is -2.58. The largest absolute Gasteiger partial charge is 0.493 e. The molecule has 30 heavy (non-hydrogen) atoms. The van der Waals surface area contributed by atoms with Gasteiger partial charge in [-0.05, 0) is 24.1 Å². The van der Waals surface area contributed by atoms with Gasteiger partial charge in [-0.25, -0.2) is 8.42 Å². The van der Waals surface area contributed by atoms with E-state index >= 15 is 0 Å². The number of nitrogens with zero attached hydrogens (tertiary/aromatic N) is 1. The van der Waals surface area contributed by atoms with E-state index in [0.29, 0.717) is 32.1 Å². The predicted octanol–water partition coefficient (Wildman–Crippen LogP) is 3.09. The van der Waals surface area contributed by atoms with Crippen molar-refractivity contribution in [2.45, 2.75) is 18.6 Å². The first-order valence-corrected chi connectivity index (χ1v) is 11.8. The summed E-state index contributed by atoms with van der Waals surface area (Å²) in [7, 11) is 0.199. The van der Waals surface area contributed by atoms with Crippen LogP contribution in [0.2, 0.25) is 0 Å². The molecule has 2 rings (SSSR count). The summed E-state index contributed by atoms with van der Waals surface area (Å²) in [5, 5.41) is 6.34. The number of guanidine groups is 1. The first-order chi connectivity index (χ1) is 14.5. The molecule has 0 bridgehead atoms. The molecule has 0 aliphatic carbocycles. The molecule has 8 heteroatoms. The summed E-state index contributed by atoms with van der Waals surface area (Å²) in [5.74, 6) is 1.53. The maximum Gasteiger partial charge on any atom is 0.195 e. The van der Waals surface area contributed by atoms with Crippen LogP contribution in [0.4, 0.5) is 5.69 Å². The van der Waals surface area contributed by atoms with Gasteiger partial charge in [-0.3, -0.25) is 4.99 Å². The van der Waals surface area contributed by atoms with E-state index in [1.54, 1.807) is 14.2 Å². The zero-order valence-corrected chi connectivity index (χ0v) is 18.5. The second kappa shape index (κ2) is 12.9. The number of hydrogen-bond acceptors (Lipinski definition) is 5. The van der Waals surface area contributed by atoms with Gasteiger partial charge in [0.2, 0.25) is 0 Å². The third-order valence-corrected chi connectivity index (χ3v) is 5.92. The van der Waals surface area contributed by atoms with Crippen LogP contribution in [0.1, 0.15) is 18.4 Å². The fraction of sp³-hybridized carbons (Fsp3) is 0.409. The lowest BCUT2D eigenvalue weighted by molar-refractivity contribution is 0.172. The van der Waals surface area contributed by atoms with Gasteiger partial charge in [-0.1, -0.05) is 36.4 Å². The fourth-order valence-electron chi connectivity index (χ4n) is 2.77. The highest BCUT2D eigenvalue weighted by Gasteiger charge is 2.11. The molecule has 0 saturated heterocycles. The molecule has 0 heterocycles. The van der Waals surface area contributed by atoms with Crippen LogP contribution in [-0.2, 0) is 20.3 Å². The number of hydrogen-bond donors (Lipinski definition) is 2. The summed E-state index contributed by atoms with van der Waals surface area (Å²) in [6.07, 6.45) is 1.32. The molecule has 2 aromatic carbocycles. The number of ether oxygens (including phenoxy) is 2. The summed E-state index contributed by atoms with van der Waals surface area (Å²) in [6, 6.07) is 16.8. The minimum absolute atomic E-state index is 0.0674. The highest BCUT2D eigenvalue weighted by molar-refractivity contribution is 7.90. The zero-order valence-electron chi connectivity index (χ0n) is 17.6. The van der Waals surface area contributed by atoms with Crippen molar-refractivity contribution >= 4 is 21.5 Å². The Bertz CT molecular complexity index is 886. The Morgan fingerprint density at radius 3 is 2.57 bits per heavy atom. The SMILES string of the molecule is CN=C(NCCCS(=O)(=O)Cc1ccccc1)Nc1cccc(OCCCOC)c1. The molecule has 0 saturated carbocycles. The predicted molar refractivity (Wildman–Crippen MR) is 122 cm³/mol. The lowest BCUT2D eigenvalue weighted by atomic mass is 10.2. The van der Waals surface area contributed by atoms with Crippen molar-refractivity contribution < 1.29 is 17.9 Å². The van der Waals surface area contributed by atoms with E-state index < -0.39 is 9.84 Å². The van der Waals surface area contributed by atoms with Crippen LogP contribution in [0.25, 0.3) is 0 Å². The molecule has 0 fully saturated rings. The van der Waals surface area contributed by atoms with Crippen LogP contribution in [0.15, 0.2) is 59.6 Å². The van der Waals surface area contributed by atoms with Gasteiger partial charge < -0.3 is 20.1 Å². The fourth-order valence-corrected chi connectivity index (χ4v) is 4.20. The minimum atomic E-state index is -3.14. The Morgan fingerprint density at radius 2 is 1.83 bits per heavy atom. The summed E-state index contributed by atoms with van der Waals surface area (Å²) >= 11 is 0. The molecule has 0 unspecified atom stereocenters. The number of nitrogens with one attached hydrogen (secondary N) is 2. The molecule has 164 valence electrons. The average molecular weight is 434 g/mol. The Kier molecular flexibility index (Phi) is 10.2. The van der Waals surface area contributed by atoms with E-state index in [0.717, 1.165) is 23.4 Å². The van der Waals surface area contributed by atoms with Crippen molar-refractivity contribution in [3.63, 3.8) is 0 Å². The number of rotatable bonds is 12. The quantitative estimate of drug-likeness (QED) is 0.304. The van der Waals surface area contributed by atoms with Gasteiger partial charge in [0, 0.05) is 45.5 Å². The minimum Gasteiger partial charge on any atom is -0.493 e. The summed E-state index contributed by atoms with van der Waals surface area (Å²) < 4.78 is 35.3. The molecule has 0 aliphatic heterocycles. The van der Waals surface area contributed by atoms with E-state index in [1.807, 2.05) is 54.6 Å². The molecule has 7 nitrogen and oxygen atoms in total. The van der Waals surface area contributed by atoms with Gasteiger partial charge in [-0.2, -0.15) is 0 Å². The molecule has 2 N–H and O–H groups in total. The molecule has 0 aromatic heterocycles. The molecule has 0 aliphatic rings. The summed E-state index contributed by atoms with van der Waals surface area (Å²) in [4.78, 5) is 4.19. The molecule has 0 amide bonds. The van der Waals surface area contributed by atoms with Crippen molar-refractivity contribution in [2.24, 2.45) is 4.99 Å². The van der Waals surface area contributed by atoms with Gasteiger partial charge >= 0.3 is 0 Å². The number of anilines is 1. The monoisotopic (exact) mass is 433 g/mol. The maximum atomic E-state index is 12.3. The van der Waals surface area contributed by atoms with E-state index in [-0.39, 0.29) is 11.5 Å². The van der Waals surface area contributed by atoms with Crippen LogP contribution in [-0.4, -0.2) is 54.0 Å². The smallest absolute Gasteiger partial charge is 0.195 e. The lowest BCUT2D eigenvalue weighted by Gasteiger charge is -2.13. The van der Waals surface area contributed by atoms with Gasteiger partial charge in [0.05, 0.1) is 18.1 Å². The molecule has 0 atom stereocenters. The number of sulfone groups is 1. The topological polar surface area (TPSA) is 89.0 Å². The lowest BCUT2D eigenvalue weighted by Crippen LogP contribution is -2.32. The molecular weight excluding hydrogens is 402 g/mol. The van der Waals surface area contributed by atoms with Crippen LogP contribution >= 0.6 is 0 Å². The van der Waals surface area contributed by atoms with E-state index in [1.165, 1.54) is 0 Å². The van der Waals surface area contributed by atoms with E-state index in [2.05, 4.69) is 15.6 Å². The Balaban J connectivity index is 1.75. The van der Waals surface area contributed by atoms with Crippen LogP contribution in [0.3, 0.4) is 0 Å². The van der Waals surface area contributed by atoms with Crippen LogP contribution < -0.4 is 15.4 Å². The van der Waals surface area contributed by atoms with E-state index in [9.17, 15) is 8.42 Å². The molecule has 0 radical (unpaired) electrons. The average Bonchev–Trinajstić information content (AvgIpc) is 2.74. The molecular formula is C22H31N3O4S. The standard InChI is InChI=1S/C22H31N3O4S/c1-23-22(25-20-11-6-12-21(17-20)29-15-8-14-28-2)24-13-7-16-30(26,27)18-19-9-4-3-5-10-19/h3-6,9-12,17H,7-8,13-16,18H2,1-2H3,(H2,23,24,25). The van der Waals surface area contributed by atoms with Crippen molar-refractivity contribution in [3.8, 4) is 5.75 Å². The maximum absolute atomic E-state index is 12.3. The number of aliphatic imine (C=N–C) groups is 1. The highest BCUT2D eigenvalue weighted by atomic mass is 32.2. The zero-order chi connectivity index (χ0) is 21.7. The van der Waals surface area contributed by atoms with Crippen LogP contribution in [0.5, 0.6) is 5.75 Å². The second-order valence-electron chi connectivity index (χ2n) is 6.78. The van der Waals surface area contributed by atoms with Crippen molar-refractivity contribution in [3.05, 3.63) is 60.2 Å². The third-order valence-electron chi connectivity index (χ3n) is 4.24. The van der Waals surface area contributed by atoms with Crippen molar-refractivity contribution in [1.29, 1.82) is 0 Å². The van der Waals surface area contributed by atoms with Gasteiger partial charge in [-0.15, -0.1) is 0 Å². The Labute approximate surface area is 179 Å². The first-order valence-electron chi connectivity index (χ1n) is 9.96. The van der Waals surface area contributed by atoms with Crippen LogP contribution in [0, 0.1) is 0 Å². The molecule has 0 spiro atoms. The van der Waals surface area contributed by atoms with Crippen molar-refractivity contribution in [1.82, 2.24) is 5.32 Å². The van der Waals surface area contributed by atoms with Gasteiger partial charge in [0.15, 0.2) is 15.8 Å².